The molecule has 0 aromatic rings. The Morgan fingerprint density at radius 3 is 2.36 bits per heavy atom. The lowest BCUT2D eigenvalue weighted by Crippen LogP contribution is -2.36. The molecule has 1 N–H and O–H groups in total. The number of fused-ring (bicyclic) bond motifs is 1. The van der Waals surface area contributed by atoms with Crippen LogP contribution >= 0.6 is 0 Å². The van der Waals surface area contributed by atoms with Crippen molar-refractivity contribution in [2.24, 2.45) is 29.1 Å². The van der Waals surface area contributed by atoms with Crippen LogP contribution in [0.4, 0.5) is 0 Å². The van der Waals surface area contributed by atoms with Crippen molar-refractivity contribution in [1.82, 2.24) is 10.4 Å². The molecule has 0 radical (unpaired) electrons. The number of imide groups is 1. The second-order valence-corrected chi connectivity index (χ2v) is 16.5. The molecular formula is C43H68N2O8. The monoisotopic (exact) mass is 740 g/mol. The summed E-state index contributed by atoms with van der Waals surface area (Å²) in [5.74, 6) is 1.41. The summed E-state index contributed by atoms with van der Waals surface area (Å²) in [5, 5.41) is 3.47. The molecule has 53 heavy (non-hydrogen) atoms. The van der Waals surface area contributed by atoms with Crippen molar-refractivity contribution < 1.29 is 38.2 Å². The lowest BCUT2D eigenvalue weighted by molar-refractivity contribution is -0.198. The van der Waals surface area contributed by atoms with E-state index in [0.29, 0.717) is 23.6 Å². The van der Waals surface area contributed by atoms with E-state index in [1.807, 2.05) is 0 Å². The van der Waals surface area contributed by atoms with Gasteiger partial charge in [0.25, 0.3) is 11.8 Å². The Bertz CT molecular complexity index is 1290. The molecule has 1 saturated heterocycles. The summed E-state index contributed by atoms with van der Waals surface area (Å²) < 4.78 is 17.1. The molecule has 0 aromatic heterocycles. The highest BCUT2D eigenvalue weighted by molar-refractivity contribution is 6.01. The van der Waals surface area contributed by atoms with E-state index in [1.165, 1.54) is 62.5 Å². The molecule has 1 heterocycles. The van der Waals surface area contributed by atoms with Gasteiger partial charge in [0, 0.05) is 32.4 Å². The molecule has 298 valence electrons. The number of carbonyl (C=O) groups is 4. The zero-order chi connectivity index (χ0) is 38.2. The molecule has 4 rings (SSSR count). The van der Waals surface area contributed by atoms with Crippen molar-refractivity contribution in [3.63, 3.8) is 0 Å². The molecule has 4 aliphatic rings. The van der Waals surface area contributed by atoms with Crippen LogP contribution in [0.25, 0.3) is 0 Å². The maximum absolute atomic E-state index is 12.2. The number of hydrogen-bond acceptors (Lipinski definition) is 8. The van der Waals surface area contributed by atoms with Gasteiger partial charge in [-0.15, -0.1) is 5.06 Å². The van der Waals surface area contributed by atoms with Crippen molar-refractivity contribution in [3.05, 3.63) is 35.5 Å². The molecular weight excluding hydrogens is 672 g/mol. The van der Waals surface area contributed by atoms with Crippen molar-refractivity contribution >= 4 is 23.7 Å². The van der Waals surface area contributed by atoms with Crippen LogP contribution in [0.3, 0.4) is 0 Å². The highest BCUT2D eigenvalue weighted by atomic mass is 16.7. The van der Waals surface area contributed by atoms with Crippen LogP contribution < -0.4 is 5.32 Å². The maximum Gasteiger partial charge on any atom is 0.335 e. The lowest BCUT2D eigenvalue weighted by Gasteiger charge is -2.44. The molecule has 3 amide bonds. The van der Waals surface area contributed by atoms with Gasteiger partial charge < -0.3 is 24.4 Å². The SMILES string of the molecule is C=C1CC[C@H](OCCCCNC(=O)CCOCCOCCC(=O)ON2C(=O)CCC2=O)C/C1=C/C=C1\CCC[C@]2(C)[C@@H]([C@H](C)CCCC(C)C)CC[C@@H]12. The Morgan fingerprint density at radius 1 is 0.887 bits per heavy atom. The molecule has 0 spiro atoms. The average Bonchev–Trinajstić information content (AvgIpc) is 3.64. The first-order chi connectivity index (χ1) is 25.5. The number of carbonyl (C=O) groups excluding carboxylic acids is 4. The number of hydroxylamine groups is 2. The van der Waals surface area contributed by atoms with E-state index < -0.39 is 17.8 Å². The van der Waals surface area contributed by atoms with E-state index in [-0.39, 0.29) is 64.1 Å². The molecule has 10 heteroatoms. The fourth-order valence-corrected chi connectivity index (χ4v) is 9.03. The van der Waals surface area contributed by atoms with Gasteiger partial charge in [-0.25, -0.2) is 4.79 Å². The summed E-state index contributed by atoms with van der Waals surface area (Å²) in [6.07, 6.45) is 20.8. The van der Waals surface area contributed by atoms with Crippen LogP contribution in [0.1, 0.15) is 137 Å². The number of unbranched alkanes of at least 4 members (excludes halogenated alkanes) is 1. The largest absolute Gasteiger partial charge is 0.379 e. The van der Waals surface area contributed by atoms with E-state index in [4.69, 9.17) is 19.0 Å². The van der Waals surface area contributed by atoms with Crippen LogP contribution in [0.5, 0.6) is 0 Å². The first-order valence-electron chi connectivity index (χ1n) is 20.7. The lowest BCUT2D eigenvalue weighted by atomic mass is 9.60. The summed E-state index contributed by atoms with van der Waals surface area (Å²) in [6.45, 7) is 16.4. The minimum absolute atomic E-state index is 0.0570. The molecule has 4 fully saturated rings. The van der Waals surface area contributed by atoms with Crippen LogP contribution in [-0.4, -0.2) is 74.4 Å². The fourth-order valence-electron chi connectivity index (χ4n) is 9.03. The first kappa shape index (κ1) is 42.9. The van der Waals surface area contributed by atoms with Crippen molar-refractivity contribution in [2.75, 3.05) is 39.6 Å². The zero-order valence-electron chi connectivity index (χ0n) is 33.2. The molecule has 0 aromatic carbocycles. The zero-order valence-corrected chi connectivity index (χ0v) is 33.2. The molecule has 1 aliphatic heterocycles. The Labute approximate surface area is 318 Å². The van der Waals surface area contributed by atoms with Crippen molar-refractivity contribution in [1.29, 1.82) is 0 Å². The third kappa shape index (κ3) is 13.5. The number of amides is 3. The van der Waals surface area contributed by atoms with Crippen LogP contribution in [0, 0.1) is 29.1 Å². The number of nitrogens with zero attached hydrogens (tertiary/aromatic N) is 1. The Kier molecular flexibility index (Phi) is 17.7. The standard InChI is InChI=1S/C43H68N2O8/c1-31(2)10-8-11-33(4)37-17-18-38-34(12-9-23-43(37,38)5)14-15-35-30-36(16-13-32(35)3)52-25-7-6-24-44-39(46)21-26-50-28-29-51-27-22-42(49)53-45-40(47)19-20-41(45)48/h14-15,31,33,36-38H,3,6-13,16-30H2,1-2,4-5H3,(H,44,46)/b34-14+,35-15-/t33-,36+,37-,38+,43-/m1/s1. The number of rotatable bonds is 22. The predicted octanol–water partition coefficient (Wildman–Crippen LogP) is 7.96. The van der Waals surface area contributed by atoms with Gasteiger partial charge in [-0.1, -0.05) is 76.8 Å². The highest BCUT2D eigenvalue weighted by Crippen LogP contribution is 2.60. The topological polar surface area (TPSA) is 120 Å². The molecule has 0 unspecified atom stereocenters. The highest BCUT2D eigenvalue weighted by Gasteiger charge is 2.50. The molecule has 3 aliphatic carbocycles. The molecule has 5 atom stereocenters. The number of hydrogen-bond donors (Lipinski definition) is 1. The smallest absolute Gasteiger partial charge is 0.335 e. The average molecular weight is 741 g/mol. The second kappa shape index (κ2) is 21.9. The Hall–Kier alpha value is -2.82. The molecule has 3 saturated carbocycles. The summed E-state index contributed by atoms with van der Waals surface area (Å²) in [6, 6.07) is 0. The summed E-state index contributed by atoms with van der Waals surface area (Å²) >= 11 is 0. The second-order valence-electron chi connectivity index (χ2n) is 16.5. The number of allylic oxidation sites excluding steroid dienone is 4. The van der Waals surface area contributed by atoms with Gasteiger partial charge in [-0.05, 0) is 98.9 Å². The minimum Gasteiger partial charge on any atom is -0.379 e. The number of nitrogens with one attached hydrogen (secondary N) is 1. The summed E-state index contributed by atoms with van der Waals surface area (Å²) in [4.78, 5) is 51.7. The Morgan fingerprint density at radius 2 is 1.62 bits per heavy atom. The van der Waals surface area contributed by atoms with Crippen LogP contribution in [0.15, 0.2) is 35.5 Å². The normalized spacial score (nSPS) is 26.8. The van der Waals surface area contributed by atoms with E-state index >= 15 is 0 Å². The molecule has 0 bridgehead atoms. The van der Waals surface area contributed by atoms with Gasteiger partial charge in [0.2, 0.25) is 5.91 Å². The van der Waals surface area contributed by atoms with E-state index in [0.717, 1.165) is 55.8 Å². The van der Waals surface area contributed by atoms with Crippen LogP contribution in [0.2, 0.25) is 0 Å². The maximum atomic E-state index is 12.2. The van der Waals surface area contributed by atoms with E-state index in [1.54, 1.807) is 5.57 Å². The third-order valence-electron chi connectivity index (χ3n) is 12.1. The summed E-state index contributed by atoms with van der Waals surface area (Å²) in [5.41, 5.74) is 4.74. The van der Waals surface area contributed by atoms with Gasteiger partial charge in [0.15, 0.2) is 0 Å². The quantitative estimate of drug-likeness (QED) is 0.0877. The third-order valence-corrected chi connectivity index (χ3v) is 12.1. The van der Waals surface area contributed by atoms with Crippen molar-refractivity contribution in [3.8, 4) is 0 Å². The summed E-state index contributed by atoms with van der Waals surface area (Å²) in [7, 11) is 0. The van der Waals surface area contributed by atoms with E-state index in [9.17, 15) is 19.2 Å². The van der Waals surface area contributed by atoms with E-state index in [2.05, 4.69) is 51.7 Å². The van der Waals surface area contributed by atoms with Crippen LogP contribution in [-0.2, 0) is 38.2 Å². The fraction of sp³-hybridized carbons (Fsp3) is 0.767. The van der Waals surface area contributed by atoms with Crippen molar-refractivity contribution in [2.45, 2.75) is 143 Å². The molecule has 10 nitrogen and oxygen atoms in total. The first-order valence-corrected chi connectivity index (χ1v) is 20.7. The van der Waals surface area contributed by atoms with Gasteiger partial charge in [0.1, 0.15) is 0 Å². The van der Waals surface area contributed by atoms with Gasteiger partial charge in [-0.3, -0.25) is 14.4 Å². The predicted molar refractivity (Wildman–Crippen MR) is 205 cm³/mol. The minimum atomic E-state index is -0.704. The number of ether oxygens (including phenoxy) is 3. The van der Waals surface area contributed by atoms with Gasteiger partial charge in [-0.2, -0.15) is 0 Å². The van der Waals surface area contributed by atoms with Gasteiger partial charge >= 0.3 is 5.97 Å². The van der Waals surface area contributed by atoms with Gasteiger partial charge in [0.05, 0.1) is 39.0 Å². The Balaban J connectivity index is 1.04.